The first-order valence-corrected chi connectivity index (χ1v) is 10.6. The summed E-state index contributed by atoms with van der Waals surface area (Å²) in [4.78, 5) is 11.8. The van der Waals surface area contributed by atoms with Crippen LogP contribution in [0, 0.1) is 0 Å². The summed E-state index contributed by atoms with van der Waals surface area (Å²) >= 11 is 6.23. The lowest BCUT2D eigenvalue weighted by Gasteiger charge is -2.39. The first-order chi connectivity index (χ1) is 15.7. The summed E-state index contributed by atoms with van der Waals surface area (Å²) in [5.41, 5.74) is 1.75. The van der Waals surface area contributed by atoms with E-state index in [1.54, 1.807) is 47.2 Å². The molecule has 10 heteroatoms. The Bertz CT molecular complexity index is 1180. The number of aliphatic hydroxyl groups excluding tert-OH is 4. The summed E-state index contributed by atoms with van der Waals surface area (Å²) < 4.78 is 18.6. The number of carbonyl (C=O) groups excluding carboxylic acids is 1. The molecule has 2 heterocycles. The van der Waals surface area contributed by atoms with Crippen molar-refractivity contribution in [1.82, 2.24) is 4.57 Å². The molecular weight excluding hydrogens is 454 g/mol. The van der Waals surface area contributed by atoms with E-state index >= 15 is 0 Å². The number of methoxy groups -OCH3 is 1. The van der Waals surface area contributed by atoms with Gasteiger partial charge < -0.3 is 39.2 Å². The predicted molar refractivity (Wildman–Crippen MR) is 119 cm³/mol. The van der Waals surface area contributed by atoms with Crippen LogP contribution in [0.15, 0.2) is 42.6 Å². The molecule has 1 aliphatic heterocycles. The van der Waals surface area contributed by atoms with Crippen LogP contribution >= 0.6 is 11.6 Å². The van der Waals surface area contributed by atoms with E-state index in [4.69, 9.17) is 25.8 Å². The Balaban J connectivity index is 1.79. The van der Waals surface area contributed by atoms with Gasteiger partial charge in [0.1, 0.15) is 35.9 Å². The Labute approximate surface area is 194 Å². The van der Waals surface area contributed by atoms with E-state index in [1.807, 2.05) is 0 Å². The van der Waals surface area contributed by atoms with Crippen molar-refractivity contribution in [2.24, 2.45) is 0 Å². The summed E-state index contributed by atoms with van der Waals surface area (Å²) in [6, 6.07) is 10.2. The summed E-state index contributed by atoms with van der Waals surface area (Å²) in [7, 11) is 1.49. The average molecular weight is 478 g/mol. The Morgan fingerprint density at radius 2 is 1.85 bits per heavy atom. The van der Waals surface area contributed by atoms with E-state index in [1.165, 1.54) is 14.0 Å². The highest BCUT2D eigenvalue weighted by Crippen LogP contribution is 2.37. The highest BCUT2D eigenvalue weighted by atomic mass is 35.5. The molecule has 1 saturated heterocycles. The number of aliphatic hydroxyl groups is 4. The van der Waals surface area contributed by atoms with Crippen molar-refractivity contribution in [2.75, 3.05) is 13.7 Å². The zero-order chi connectivity index (χ0) is 23.9. The number of hydrogen-bond acceptors (Lipinski definition) is 8. The smallest absolute Gasteiger partial charge is 0.229 e. The maximum absolute atomic E-state index is 11.8. The van der Waals surface area contributed by atoms with Crippen LogP contribution in [0.3, 0.4) is 0 Å². The Morgan fingerprint density at radius 3 is 2.52 bits per heavy atom. The molecule has 9 nitrogen and oxygen atoms in total. The van der Waals surface area contributed by atoms with Gasteiger partial charge in [0.2, 0.25) is 6.29 Å². The number of fused-ring (bicyclic) bond motifs is 1. The lowest BCUT2D eigenvalue weighted by Crippen LogP contribution is -2.60. The van der Waals surface area contributed by atoms with Crippen LogP contribution in [-0.4, -0.2) is 75.2 Å². The summed E-state index contributed by atoms with van der Waals surface area (Å²) in [6.45, 7) is 0.896. The van der Waals surface area contributed by atoms with Crippen molar-refractivity contribution in [3.05, 3.63) is 53.2 Å². The molecule has 4 rings (SSSR count). The number of benzene rings is 2. The van der Waals surface area contributed by atoms with Crippen molar-refractivity contribution in [3.63, 3.8) is 0 Å². The Morgan fingerprint density at radius 1 is 1.09 bits per heavy atom. The third-order valence-corrected chi connectivity index (χ3v) is 5.90. The molecule has 4 N–H and O–H groups in total. The highest BCUT2D eigenvalue weighted by molar-refractivity contribution is 6.31. The van der Waals surface area contributed by atoms with Crippen LogP contribution in [0.2, 0.25) is 5.02 Å². The zero-order valence-electron chi connectivity index (χ0n) is 17.9. The molecule has 1 aliphatic rings. The molecular formula is C23H24ClNO8. The van der Waals surface area contributed by atoms with E-state index in [2.05, 4.69) is 0 Å². The number of nitrogens with zero attached hydrogens (tertiary/aromatic N) is 1. The third kappa shape index (κ3) is 4.31. The minimum absolute atomic E-state index is 0.105. The fraction of sp³-hybridized carbons (Fsp3) is 0.348. The number of ether oxygens (including phenoxy) is 3. The molecule has 1 aromatic heterocycles. The zero-order valence-corrected chi connectivity index (χ0v) is 18.6. The first kappa shape index (κ1) is 23.5. The largest absolute Gasteiger partial charge is 0.495 e. The fourth-order valence-electron chi connectivity index (χ4n) is 3.85. The van der Waals surface area contributed by atoms with E-state index < -0.39 is 37.3 Å². The van der Waals surface area contributed by atoms with Gasteiger partial charge in [0.25, 0.3) is 0 Å². The summed E-state index contributed by atoms with van der Waals surface area (Å²) in [5, 5.41) is 41.0. The molecule has 3 aromatic rings. The Kier molecular flexibility index (Phi) is 6.62. The summed E-state index contributed by atoms with van der Waals surface area (Å²) in [6.07, 6.45) is -5.43. The van der Waals surface area contributed by atoms with Gasteiger partial charge in [-0.05, 0) is 43.3 Å². The van der Waals surface area contributed by atoms with Gasteiger partial charge in [0.05, 0.1) is 31.1 Å². The van der Waals surface area contributed by atoms with E-state index in [-0.39, 0.29) is 5.78 Å². The van der Waals surface area contributed by atoms with Crippen LogP contribution in [0.25, 0.3) is 16.6 Å². The van der Waals surface area contributed by atoms with Crippen LogP contribution in [0.5, 0.6) is 11.5 Å². The van der Waals surface area contributed by atoms with Crippen molar-refractivity contribution in [3.8, 4) is 17.2 Å². The quantitative estimate of drug-likeness (QED) is 0.394. The SMILES string of the molecule is COc1cc(C(C)=O)ccc1-n1cc(O[C@@H]2O[C@H](CO)[C@H](O)[C@H](O)[C@H]2O)c2ccc(Cl)cc21. The van der Waals surface area contributed by atoms with Gasteiger partial charge in [-0.3, -0.25) is 4.79 Å². The van der Waals surface area contributed by atoms with Crippen molar-refractivity contribution >= 4 is 28.3 Å². The lowest BCUT2D eigenvalue weighted by molar-refractivity contribution is -0.277. The molecule has 0 unspecified atom stereocenters. The second-order valence-corrected chi connectivity index (χ2v) is 8.22. The van der Waals surface area contributed by atoms with Crippen molar-refractivity contribution in [1.29, 1.82) is 0 Å². The van der Waals surface area contributed by atoms with Gasteiger partial charge >= 0.3 is 0 Å². The average Bonchev–Trinajstić information content (AvgIpc) is 3.15. The molecule has 2 aromatic carbocycles. The second kappa shape index (κ2) is 9.30. The van der Waals surface area contributed by atoms with Crippen LogP contribution < -0.4 is 9.47 Å². The Hall–Kier alpha value is -2.66. The van der Waals surface area contributed by atoms with Gasteiger partial charge in [-0.15, -0.1) is 0 Å². The third-order valence-electron chi connectivity index (χ3n) is 5.67. The van der Waals surface area contributed by atoms with Crippen LogP contribution in [0.4, 0.5) is 0 Å². The predicted octanol–water partition coefficient (Wildman–Crippen LogP) is 1.67. The number of carbonyl (C=O) groups is 1. The maximum atomic E-state index is 11.8. The van der Waals surface area contributed by atoms with Gasteiger partial charge in [-0.2, -0.15) is 0 Å². The molecule has 33 heavy (non-hydrogen) atoms. The minimum atomic E-state index is -1.57. The highest BCUT2D eigenvalue weighted by Gasteiger charge is 2.45. The topological polar surface area (TPSA) is 131 Å². The van der Waals surface area contributed by atoms with Gasteiger partial charge in [-0.1, -0.05) is 11.6 Å². The number of halogens is 1. The van der Waals surface area contributed by atoms with Crippen LogP contribution in [-0.2, 0) is 4.74 Å². The maximum Gasteiger partial charge on any atom is 0.229 e. The molecule has 0 radical (unpaired) electrons. The second-order valence-electron chi connectivity index (χ2n) is 7.78. The van der Waals surface area contributed by atoms with Gasteiger partial charge in [0.15, 0.2) is 5.78 Å². The molecule has 0 aliphatic carbocycles. The molecule has 5 atom stereocenters. The van der Waals surface area contributed by atoms with Gasteiger partial charge in [-0.25, -0.2) is 0 Å². The van der Waals surface area contributed by atoms with E-state index in [0.29, 0.717) is 38.7 Å². The number of rotatable bonds is 6. The molecule has 0 amide bonds. The van der Waals surface area contributed by atoms with E-state index in [0.717, 1.165) is 0 Å². The molecule has 176 valence electrons. The normalized spacial score (nSPS) is 25.2. The molecule has 0 bridgehead atoms. The molecule has 1 fully saturated rings. The monoisotopic (exact) mass is 477 g/mol. The standard InChI is InChI=1S/C23H24ClNO8/c1-11(27)12-3-6-15(17(7-12)31-2)25-9-18(14-5-4-13(24)8-16(14)25)32-23-22(30)21(29)20(28)19(10-26)33-23/h3-9,19-23,26,28-30H,10H2,1-2H3/t19-,20+,21+,22-,23-/m1/s1. The minimum Gasteiger partial charge on any atom is -0.495 e. The summed E-state index contributed by atoms with van der Waals surface area (Å²) in [5.74, 6) is 0.634. The number of hydrogen-bond donors (Lipinski definition) is 4. The number of aromatic nitrogens is 1. The lowest BCUT2D eigenvalue weighted by atomic mass is 9.99. The number of Topliss-reactive ketones (excluding diaryl/α,β-unsaturated/α-hetero) is 1. The fourth-order valence-corrected chi connectivity index (χ4v) is 4.01. The van der Waals surface area contributed by atoms with Crippen molar-refractivity contribution in [2.45, 2.75) is 37.6 Å². The molecule has 0 saturated carbocycles. The molecule has 0 spiro atoms. The van der Waals surface area contributed by atoms with Gasteiger partial charge in [0, 0.05) is 16.0 Å². The van der Waals surface area contributed by atoms with Crippen LogP contribution in [0.1, 0.15) is 17.3 Å². The van der Waals surface area contributed by atoms with E-state index in [9.17, 15) is 25.2 Å². The van der Waals surface area contributed by atoms with Crippen molar-refractivity contribution < 1.29 is 39.4 Å². The first-order valence-electron chi connectivity index (χ1n) is 10.2. The number of ketones is 1.